The van der Waals surface area contributed by atoms with E-state index in [4.69, 9.17) is 18.7 Å². The van der Waals surface area contributed by atoms with E-state index in [1.54, 1.807) is 6.92 Å². The highest BCUT2D eigenvalue weighted by Crippen LogP contribution is 2.45. The van der Waals surface area contributed by atoms with Gasteiger partial charge in [0.2, 0.25) is 0 Å². The number of hydrogen-bond acceptors (Lipinski definition) is 13. The first-order valence-corrected chi connectivity index (χ1v) is 17.2. The molecule has 1 aliphatic carbocycles. The van der Waals surface area contributed by atoms with E-state index in [-0.39, 0.29) is 24.7 Å². The fraction of sp³-hybridized carbons (Fsp3) is 0.759. The van der Waals surface area contributed by atoms with Crippen molar-refractivity contribution < 1.29 is 43.1 Å². The van der Waals surface area contributed by atoms with Crippen molar-refractivity contribution in [1.29, 1.82) is 0 Å². The number of ether oxygens (including phenoxy) is 3. The topological polar surface area (TPSA) is 208 Å². The first-order valence-electron chi connectivity index (χ1n) is 15.6. The molecule has 1 saturated carbocycles. The molecule has 16 nitrogen and oxygen atoms in total. The first-order chi connectivity index (χ1) is 21.6. The Bertz CT molecular complexity index is 1400. The van der Waals surface area contributed by atoms with Crippen LogP contribution >= 0.6 is 7.67 Å². The van der Waals surface area contributed by atoms with Crippen LogP contribution in [0.15, 0.2) is 6.33 Å². The lowest BCUT2D eigenvalue weighted by Gasteiger charge is -2.30. The van der Waals surface area contributed by atoms with Crippen LogP contribution in [0.5, 0.6) is 0 Å². The van der Waals surface area contributed by atoms with E-state index < -0.39 is 62.3 Å². The van der Waals surface area contributed by atoms with Crippen molar-refractivity contribution in [1.82, 2.24) is 29.7 Å². The Morgan fingerprint density at radius 1 is 1.09 bits per heavy atom. The molecule has 5 N–H and O–H groups in total. The normalized spacial score (nSPS) is 25.9. The largest absolute Gasteiger partial charge is 0.468 e. The van der Waals surface area contributed by atoms with Gasteiger partial charge >= 0.3 is 19.6 Å². The number of nitrogens with one attached hydrogen (secondary N) is 3. The lowest BCUT2D eigenvalue weighted by atomic mass is 9.96. The Labute approximate surface area is 268 Å². The van der Waals surface area contributed by atoms with E-state index in [1.807, 2.05) is 27.7 Å². The molecule has 2 aliphatic rings. The number of aromatic nitrogens is 4. The van der Waals surface area contributed by atoms with Crippen molar-refractivity contribution in [3.63, 3.8) is 0 Å². The number of carbonyl (C=O) groups excluding carboxylic acids is 2. The average Bonchev–Trinajstić information content (AvgIpc) is 3.65. The maximum Gasteiger partial charge on any atom is 0.342 e. The second kappa shape index (κ2) is 14.6. The van der Waals surface area contributed by atoms with Gasteiger partial charge in [0.1, 0.15) is 35.7 Å². The Morgan fingerprint density at radius 3 is 2.15 bits per heavy atom. The van der Waals surface area contributed by atoms with Crippen LogP contribution in [0.4, 0.5) is 5.82 Å². The molecule has 0 amide bonds. The van der Waals surface area contributed by atoms with Crippen molar-refractivity contribution in [2.24, 2.45) is 11.8 Å². The van der Waals surface area contributed by atoms with Gasteiger partial charge in [-0.2, -0.15) is 0 Å². The molecule has 17 heteroatoms. The molecule has 4 rings (SSSR count). The predicted molar refractivity (Wildman–Crippen MR) is 168 cm³/mol. The highest BCUT2D eigenvalue weighted by Gasteiger charge is 2.54. The second-order valence-electron chi connectivity index (χ2n) is 13.1. The van der Waals surface area contributed by atoms with E-state index >= 15 is 0 Å². The Hall–Kier alpha value is -2.72. The van der Waals surface area contributed by atoms with Crippen LogP contribution in [-0.4, -0.2) is 98.4 Å². The number of nitrogens with zero attached hydrogens (tertiary/aromatic N) is 4. The zero-order chi connectivity index (χ0) is 34.0. The van der Waals surface area contributed by atoms with Crippen LogP contribution < -0.4 is 15.5 Å². The number of aliphatic hydroxyl groups is 2. The summed E-state index contributed by atoms with van der Waals surface area (Å²) in [5, 5.41) is 31.6. The van der Waals surface area contributed by atoms with Gasteiger partial charge < -0.3 is 34.3 Å². The molecule has 2 fully saturated rings. The van der Waals surface area contributed by atoms with Crippen molar-refractivity contribution in [2.45, 2.75) is 109 Å². The number of hydrogen-bond donors (Lipinski definition) is 5. The molecule has 0 bridgehead atoms. The van der Waals surface area contributed by atoms with Gasteiger partial charge in [-0.05, 0) is 51.4 Å². The van der Waals surface area contributed by atoms with Gasteiger partial charge in [-0.25, -0.2) is 25.1 Å². The summed E-state index contributed by atoms with van der Waals surface area (Å²) in [6, 6.07) is -1.79. The number of carbonyl (C=O) groups is 2. The van der Waals surface area contributed by atoms with Crippen LogP contribution in [0.25, 0.3) is 11.2 Å². The smallest absolute Gasteiger partial charge is 0.342 e. The van der Waals surface area contributed by atoms with Gasteiger partial charge in [-0.3, -0.25) is 18.7 Å². The van der Waals surface area contributed by atoms with Gasteiger partial charge in [0.25, 0.3) is 0 Å². The Morgan fingerprint density at radius 2 is 1.65 bits per heavy atom. The Balaban J connectivity index is 1.61. The minimum atomic E-state index is -4.26. The summed E-state index contributed by atoms with van der Waals surface area (Å²) in [5.41, 5.74) is -0.969. The van der Waals surface area contributed by atoms with Gasteiger partial charge in [-0.15, -0.1) is 0 Å². The molecule has 6 atom stereocenters. The number of anilines is 1. The molecule has 0 spiro atoms. The molecule has 2 aromatic heterocycles. The summed E-state index contributed by atoms with van der Waals surface area (Å²) < 4.78 is 37.8. The van der Waals surface area contributed by atoms with Crippen molar-refractivity contribution in [3.8, 4) is 0 Å². The summed E-state index contributed by atoms with van der Waals surface area (Å²) in [7, 11) is -1.83. The standard InChI is InChI=1S/C29H48N7O9P/c1-15(2)11-19(26(38)42-7)34-46(41,35-20(12-16(3)4)27(39)43-8)44-13-21-23(37)29(6,40)28(45-21)36-14-30-22-24(33-18-9-10-18)31-17(5)32-25(22)36/h14-16,18-21,23,28,37,40H,9-13H2,1-8H3,(H,31,32,33)(H2,34,35,41)/t19?,20?,21-,23?,28-,29+,46?/m1/s1. The molecule has 3 unspecified atom stereocenters. The third-order valence-electron chi connectivity index (χ3n) is 7.92. The maximum atomic E-state index is 14.4. The highest BCUT2D eigenvalue weighted by molar-refractivity contribution is 7.54. The van der Waals surface area contributed by atoms with Crippen molar-refractivity contribution in [3.05, 3.63) is 12.2 Å². The molecular weight excluding hydrogens is 621 g/mol. The summed E-state index contributed by atoms with van der Waals surface area (Å²) in [6.07, 6.45) is 0.170. The number of rotatable bonds is 16. The molecule has 1 saturated heterocycles. The molecule has 1 aliphatic heterocycles. The summed E-state index contributed by atoms with van der Waals surface area (Å²) in [4.78, 5) is 38.8. The quantitative estimate of drug-likeness (QED) is 0.128. The fourth-order valence-corrected chi connectivity index (χ4v) is 7.25. The first kappa shape index (κ1) is 36.1. The summed E-state index contributed by atoms with van der Waals surface area (Å²) >= 11 is 0. The SMILES string of the molecule is COC(=O)C(CC(C)C)NP(=O)(NC(CC(C)C)C(=O)OC)OC[C@H]1O[C@@H](n2cnc3c(NC4CC4)nc(C)nc32)[C@@](C)(O)C1O. The van der Waals surface area contributed by atoms with E-state index in [9.17, 15) is 24.4 Å². The van der Waals surface area contributed by atoms with E-state index in [0.29, 0.717) is 28.8 Å². The van der Waals surface area contributed by atoms with Crippen LogP contribution in [0, 0.1) is 18.8 Å². The molecule has 3 heterocycles. The maximum absolute atomic E-state index is 14.4. The monoisotopic (exact) mass is 669 g/mol. The second-order valence-corrected chi connectivity index (χ2v) is 15.0. The van der Waals surface area contributed by atoms with Gasteiger partial charge in [0, 0.05) is 6.04 Å². The summed E-state index contributed by atoms with van der Waals surface area (Å²) in [6.45, 7) is 10.2. The van der Waals surface area contributed by atoms with Crippen molar-refractivity contribution >= 4 is 36.6 Å². The molecule has 0 radical (unpaired) electrons. The number of esters is 2. The van der Waals surface area contributed by atoms with Crippen molar-refractivity contribution in [2.75, 3.05) is 26.1 Å². The number of fused-ring (bicyclic) bond motifs is 1. The molecule has 0 aromatic carbocycles. The zero-order valence-corrected chi connectivity index (χ0v) is 28.6. The lowest BCUT2D eigenvalue weighted by molar-refractivity contribution is -0.143. The van der Waals surface area contributed by atoms with Crippen LogP contribution in [-0.2, 0) is 32.9 Å². The number of imidazole rings is 1. The number of aryl methyl sites for hydroxylation is 1. The van der Waals surface area contributed by atoms with Gasteiger partial charge in [0.15, 0.2) is 23.2 Å². The fourth-order valence-electron chi connectivity index (χ4n) is 5.43. The summed E-state index contributed by atoms with van der Waals surface area (Å²) in [5.74, 6) is -0.272. The minimum absolute atomic E-state index is 0.00500. The van der Waals surface area contributed by atoms with Gasteiger partial charge in [0.05, 0.1) is 27.2 Å². The molecular formula is C29H48N7O9P. The number of methoxy groups -OCH3 is 2. The third-order valence-corrected chi connectivity index (χ3v) is 9.73. The van der Waals surface area contributed by atoms with Crippen LogP contribution in [0.1, 0.15) is 72.4 Å². The minimum Gasteiger partial charge on any atom is -0.468 e. The lowest BCUT2D eigenvalue weighted by Crippen LogP contribution is -2.46. The highest BCUT2D eigenvalue weighted by atomic mass is 31.2. The predicted octanol–water partition coefficient (Wildman–Crippen LogP) is 2.20. The number of aliphatic hydroxyl groups excluding tert-OH is 1. The molecule has 258 valence electrons. The Kier molecular flexibility index (Phi) is 11.5. The third kappa shape index (κ3) is 8.40. The molecule has 2 aromatic rings. The van der Waals surface area contributed by atoms with Crippen LogP contribution in [0.2, 0.25) is 0 Å². The van der Waals surface area contributed by atoms with Gasteiger partial charge in [-0.1, -0.05) is 27.7 Å². The van der Waals surface area contributed by atoms with E-state index in [2.05, 4.69) is 30.4 Å². The van der Waals surface area contributed by atoms with Crippen LogP contribution in [0.3, 0.4) is 0 Å². The van der Waals surface area contributed by atoms with E-state index in [1.165, 1.54) is 32.0 Å². The zero-order valence-electron chi connectivity index (χ0n) is 27.7. The average molecular weight is 670 g/mol. The van der Waals surface area contributed by atoms with E-state index in [0.717, 1.165) is 12.8 Å². The molecule has 46 heavy (non-hydrogen) atoms.